The van der Waals surface area contributed by atoms with Crippen molar-refractivity contribution in [1.82, 2.24) is 14.5 Å². The van der Waals surface area contributed by atoms with Gasteiger partial charge in [0.1, 0.15) is 5.82 Å². The van der Waals surface area contributed by atoms with Gasteiger partial charge in [-0.1, -0.05) is 6.92 Å². The number of rotatable bonds is 5. The van der Waals surface area contributed by atoms with Crippen molar-refractivity contribution in [3.05, 3.63) is 48.2 Å². The van der Waals surface area contributed by atoms with Gasteiger partial charge in [-0.05, 0) is 62.2 Å². The van der Waals surface area contributed by atoms with Gasteiger partial charge in [-0.25, -0.2) is 4.98 Å². The van der Waals surface area contributed by atoms with E-state index in [1.54, 1.807) is 12.1 Å². The first-order chi connectivity index (χ1) is 13.1. The Labute approximate surface area is 159 Å². The fourth-order valence-electron chi connectivity index (χ4n) is 3.70. The van der Waals surface area contributed by atoms with E-state index in [1.165, 1.54) is 32.2 Å². The number of amides is 1. The van der Waals surface area contributed by atoms with Crippen LogP contribution in [0.15, 0.2) is 41.0 Å². The molecule has 1 N–H and O–H groups in total. The van der Waals surface area contributed by atoms with Crippen molar-refractivity contribution < 1.29 is 9.21 Å². The molecule has 3 heterocycles. The van der Waals surface area contributed by atoms with Crippen LogP contribution in [0.1, 0.15) is 36.1 Å². The van der Waals surface area contributed by atoms with Crippen molar-refractivity contribution in [3.8, 4) is 0 Å². The zero-order chi connectivity index (χ0) is 18.8. The first kappa shape index (κ1) is 17.8. The fourth-order valence-corrected chi connectivity index (χ4v) is 3.70. The Kier molecular flexibility index (Phi) is 4.99. The molecule has 1 aromatic carbocycles. The summed E-state index contributed by atoms with van der Waals surface area (Å²) >= 11 is 0. The number of fused-ring (bicyclic) bond motifs is 1. The largest absolute Gasteiger partial charge is 0.459 e. The maximum atomic E-state index is 12.1. The summed E-state index contributed by atoms with van der Waals surface area (Å²) in [6.07, 6.45) is 5.02. The summed E-state index contributed by atoms with van der Waals surface area (Å²) in [5.41, 5.74) is 2.70. The second-order valence-corrected chi connectivity index (χ2v) is 7.50. The van der Waals surface area contributed by atoms with Gasteiger partial charge in [-0.2, -0.15) is 0 Å². The van der Waals surface area contributed by atoms with Crippen molar-refractivity contribution in [2.24, 2.45) is 13.0 Å². The Morgan fingerprint density at radius 1 is 1.30 bits per heavy atom. The molecular weight excluding hydrogens is 340 g/mol. The van der Waals surface area contributed by atoms with Crippen LogP contribution < -0.4 is 5.32 Å². The van der Waals surface area contributed by atoms with Crippen LogP contribution in [-0.2, 0) is 13.5 Å². The van der Waals surface area contributed by atoms with Gasteiger partial charge in [0.25, 0.3) is 5.91 Å². The molecule has 0 unspecified atom stereocenters. The van der Waals surface area contributed by atoms with E-state index in [9.17, 15) is 4.79 Å². The van der Waals surface area contributed by atoms with Crippen LogP contribution >= 0.6 is 0 Å². The molecule has 0 saturated carbocycles. The Morgan fingerprint density at radius 3 is 2.85 bits per heavy atom. The number of nitrogens with one attached hydrogen (secondary N) is 1. The molecule has 0 aliphatic carbocycles. The second-order valence-electron chi connectivity index (χ2n) is 7.50. The van der Waals surface area contributed by atoms with Crippen molar-refractivity contribution in [2.45, 2.75) is 26.2 Å². The molecule has 0 atom stereocenters. The lowest BCUT2D eigenvalue weighted by Gasteiger charge is -2.29. The molecule has 0 spiro atoms. The number of hydrogen-bond acceptors (Lipinski definition) is 4. The molecule has 27 heavy (non-hydrogen) atoms. The lowest BCUT2D eigenvalue weighted by Crippen LogP contribution is -2.34. The second kappa shape index (κ2) is 7.56. The zero-order valence-electron chi connectivity index (χ0n) is 15.9. The predicted octanol–water partition coefficient (Wildman–Crippen LogP) is 3.69. The summed E-state index contributed by atoms with van der Waals surface area (Å²) in [7, 11) is 2.06. The van der Waals surface area contributed by atoms with Crippen LogP contribution in [-0.4, -0.2) is 40.0 Å². The van der Waals surface area contributed by atoms with E-state index in [0.717, 1.165) is 41.4 Å². The highest BCUT2D eigenvalue weighted by Gasteiger charge is 2.17. The molecule has 1 aliphatic heterocycles. The third-order valence-electron chi connectivity index (χ3n) is 5.50. The average Bonchev–Trinajstić information content (AvgIpc) is 3.30. The van der Waals surface area contributed by atoms with Gasteiger partial charge in [-0.15, -0.1) is 0 Å². The van der Waals surface area contributed by atoms with Crippen LogP contribution in [0, 0.1) is 5.92 Å². The summed E-state index contributed by atoms with van der Waals surface area (Å²) < 4.78 is 7.29. The van der Waals surface area contributed by atoms with Gasteiger partial charge in [0, 0.05) is 25.7 Å². The minimum atomic E-state index is -0.255. The third-order valence-corrected chi connectivity index (χ3v) is 5.50. The standard InChI is InChI=1S/C21H26N4O2/c1-15-7-10-25(11-8-15)12-9-20-23-17-14-16(5-6-18(17)24(20)2)22-21(26)19-4-3-13-27-19/h3-6,13-15H,7-12H2,1-2H3,(H,22,26). The highest BCUT2D eigenvalue weighted by atomic mass is 16.3. The maximum absolute atomic E-state index is 12.1. The van der Waals surface area contributed by atoms with E-state index in [1.807, 2.05) is 18.2 Å². The number of benzene rings is 1. The quantitative estimate of drug-likeness (QED) is 0.748. The van der Waals surface area contributed by atoms with Crippen molar-refractivity contribution in [2.75, 3.05) is 25.0 Å². The minimum Gasteiger partial charge on any atom is -0.459 e. The normalized spacial score (nSPS) is 16.1. The number of aryl methyl sites for hydroxylation is 1. The van der Waals surface area contributed by atoms with Crippen LogP contribution in [0.3, 0.4) is 0 Å². The molecule has 1 aliphatic rings. The van der Waals surface area contributed by atoms with E-state index < -0.39 is 0 Å². The Hall–Kier alpha value is -2.60. The van der Waals surface area contributed by atoms with Crippen molar-refractivity contribution in [3.63, 3.8) is 0 Å². The number of nitrogens with zero attached hydrogens (tertiary/aromatic N) is 3. The monoisotopic (exact) mass is 366 g/mol. The summed E-state index contributed by atoms with van der Waals surface area (Å²) in [6.45, 7) is 5.76. The molecule has 0 radical (unpaired) electrons. The SMILES string of the molecule is CC1CCN(CCc2nc3cc(NC(=O)c4ccco4)ccc3n2C)CC1. The molecule has 3 aromatic rings. The van der Waals surface area contributed by atoms with Crippen molar-refractivity contribution in [1.29, 1.82) is 0 Å². The number of imidazole rings is 1. The summed E-state index contributed by atoms with van der Waals surface area (Å²) in [5, 5.41) is 2.86. The Balaban J connectivity index is 1.45. The topological polar surface area (TPSA) is 63.3 Å². The third kappa shape index (κ3) is 3.90. The Morgan fingerprint density at radius 2 is 2.11 bits per heavy atom. The molecule has 1 saturated heterocycles. The predicted molar refractivity (Wildman–Crippen MR) is 106 cm³/mol. The molecular formula is C21H26N4O2. The molecule has 4 rings (SSSR count). The summed E-state index contributed by atoms with van der Waals surface area (Å²) in [6, 6.07) is 9.18. The smallest absolute Gasteiger partial charge is 0.291 e. The maximum Gasteiger partial charge on any atom is 0.291 e. The first-order valence-corrected chi connectivity index (χ1v) is 9.63. The number of piperidine rings is 1. The van der Waals surface area contributed by atoms with Gasteiger partial charge in [0.15, 0.2) is 5.76 Å². The molecule has 6 heteroatoms. The number of hydrogen-bond donors (Lipinski definition) is 1. The number of furan rings is 1. The molecule has 142 valence electrons. The number of likely N-dealkylation sites (tertiary alicyclic amines) is 1. The zero-order valence-corrected chi connectivity index (χ0v) is 15.9. The minimum absolute atomic E-state index is 0.255. The first-order valence-electron chi connectivity index (χ1n) is 9.63. The van der Waals surface area contributed by atoms with Crippen molar-refractivity contribution >= 4 is 22.6 Å². The van der Waals surface area contributed by atoms with Gasteiger partial charge < -0.3 is 19.2 Å². The average molecular weight is 366 g/mol. The van der Waals surface area contributed by atoms with Crippen LogP contribution in [0.5, 0.6) is 0 Å². The fraction of sp³-hybridized carbons (Fsp3) is 0.429. The van der Waals surface area contributed by atoms with Gasteiger partial charge in [0.05, 0.1) is 17.3 Å². The molecule has 1 fully saturated rings. The highest BCUT2D eigenvalue weighted by Crippen LogP contribution is 2.21. The van der Waals surface area contributed by atoms with Crippen LogP contribution in [0.25, 0.3) is 11.0 Å². The van der Waals surface area contributed by atoms with Gasteiger partial charge in [-0.3, -0.25) is 4.79 Å². The van der Waals surface area contributed by atoms with Gasteiger partial charge in [0.2, 0.25) is 0 Å². The van der Waals surface area contributed by atoms with Crippen LogP contribution in [0.4, 0.5) is 5.69 Å². The van der Waals surface area contributed by atoms with E-state index in [0.29, 0.717) is 5.76 Å². The summed E-state index contributed by atoms with van der Waals surface area (Å²) in [4.78, 5) is 19.5. The van der Waals surface area contributed by atoms with E-state index in [4.69, 9.17) is 9.40 Å². The number of anilines is 1. The Bertz CT molecular complexity index is 921. The summed E-state index contributed by atoms with van der Waals surface area (Å²) in [5.74, 6) is 1.98. The van der Waals surface area contributed by atoms with E-state index >= 15 is 0 Å². The highest BCUT2D eigenvalue weighted by molar-refractivity contribution is 6.03. The molecule has 1 amide bonds. The van der Waals surface area contributed by atoms with Crippen LogP contribution in [0.2, 0.25) is 0 Å². The number of carbonyl (C=O) groups is 1. The van der Waals surface area contributed by atoms with E-state index in [2.05, 4.69) is 28.8 Å². The lowest BCUT2D eigenvalue weighted by atomic mass is 9.99. The van der Waals surface area contributed by atoms with Gasteiger partial charge >= 0.3 is 0 Å². The number of aromatic nitrogens is 2. The lowest BCUT2D eigenvalue weighted by molar-refractivity contribution is 0.0996. The molecule has 0 bridgehead atoms. The molecule has 2 aromatic heterocycles. The molecule has 6 nitrogen and oxygen atoms in total. The number of carbonyl (C=O) groups excluding carboxylic acids is 1. The van der Waals surface area contributed by atoms with E-state index in [-0.39, 0.29) is 5.91 Å².